The summed E-state index contributed by atoms with van der Waals surface area (Å²) in [5.74, 6) is 6.02. The first kappa shape index (κ1) is 10.5. The molecule has 2 aliphatic carbocycles. The molecule has 0 aromatic carbocycles. The van der Waals surface area contributed by atoms with Gasteiger partial charge in [-0.1, -0.05) is 48.0 Å². The summed E-state index contributed by atoms with van der Waals surface area (Å²) < 4.78 is 0. The van der Waals surface area contributed by atoms with Crippen LogP contribution < -0.4 is 0 Å². The highest BCUT2D eigenvalue weighted by molar-refractivity contribution is 5.16. The highest BCUT2D eigenvalue weighted by atomic mass is 14.7. The van der Waals surface area contributed by atoms with Gasteiger partial charge in [0, 0.05) is 0 Å². The average Bonchev–Trinajstić information content (AvgIpc) is 2.92. The van der Waals surface area contributed by atoms with Crippen LogP contribution in [0.15, 0.2) is 0 Å². The van der Waals surface area contributed by atoms with Crippen molar-refractivity contribution >= 4 is 0 Å². The second kappa shape index (κ2) is 3.00. The van der Waals surface area contributed by atoms with Crippen LogP contribution in [0.2, 0.25) is 0 Å². The highest BCUT2D eigenvalue weighted by Crippen LogP contribution is 2.73. The molecule has 2 rings (SSSR count). The Morgan fingerprint density at radius 3 is 2.00 bits per heavy atom. The summed E-state index contributed by atoms with van der Waals surface area (Å²) in [5.41, 5.74) is 0.679. The third-order valence-electron chi connectivity index (χ3n) is 6.12. The van der Waals surface area contributed by atoms with Gasteiger partial charge in [-0.05, 0) is 40.9 Å². The van der Waals surface area contributed by atoms with Crippen LogP contribution in [0.25, 0.3) is 0 Å². The fourth-order valence-corrected chi connectivity index (χ4v) is 4.11. The third-order valence-corrected chi connectivity index (χ3v) is 6.12. The number of hydrogen-bond donors (Lipinski definition) is 0. The van der Waals surface area contributed by atoms with Crippen molar-refractivity contribution < 1.29 is 0 Å². The minimum atomic E-state index is 0.679. The van der Waals surface area contributed by atoms with Crippen LogP contribution in [-0.2, 0) is 0 Å². The molecule has 14 heavy (non-hydrogen) atoms. The summed E-state index contributed by atoms with van der Waals surface area (Å²) in [6.07, 6.45) is 1.35. The first-order valence-corrected chi connectivity index (χ1v) is 6.46. The molecule has 0 saturated heterocycles. The lowest BCUT2D eigenvalue weighted by molar-refractivity contribution is 0.295. The van der Waals surface area contributed by atoms with Crippen molar-refractivity contribution in [2.24, 2.45) is 40.9 Å². The van der Waals surface area contributed by atoms with Gasteiger partial charge < -0.3 is 0 Å². The molecule has 2 saturated carbocycles. The average molecular weight is 194 g/mol. The maximum Gasteiger partial charge on any atom is -0.0238 e. The first-order chi connectivity index (χ1) is 6.46. The zero-order chi connectivity index (χ0) is 10.7. The van der Waals surface area contributed by atoms with Crippen LogP contribution in [0.1, 0.15) is 48.0 Å². The van der Waals surface area contributed by atoms with E-state index >= 15 is 0 Å². The van der Waals surface area contributed by atoms with Gasteiger partial charge in [0.2, 0.25) is 0 Å². The minimum Gasteiger partial charge on any atom is -0.0651 e. The van der Waals surface area contributed by atoms with Gasteiger partial charge >= 0.3 is 0 Å². The predicted octanol–water partition coefficient (Wildman–Crippen LogP) is 4.21. The summed E-state index contributed by atoms with van der Waals surface area (Å²) in [5, 5.41) is 0. The Balaban J connectivity index is 2.05. The van der Waals surface area contributed by atoms with Crippen LogP contribution in [-0.4, -0.2) is 0 Å². The van der Waals surface area contributed by atoms with Crippen molar-refractivity contribution in [2.75, 3.05) is 0 Å². The van der Waals surface area contributed by atoms with Crippen LogP contribution in [0.5, 0.6) is 0 Å². The van der Waals surface area contributed by atoms with E-state index < -0.39 is 0 Å². The zero-order valence-corrected chi connectivity index (χ0v) is 10.7. The summed E-state index contributed by atoms with van der Waals surface area (Å²) in [6, 6.07) is 0. The van der Waals surface area contributed by atoms with Gasteiger partial charge in [0.15, 0.2) is 0 Å². The normalized spacial score (nSPS) is 58.3. The van der Waals surface area contributed by atoms with Crippen LogP contribution in [0.3, 0.4) is 0 Å². The molecular formula is C14H26. The summed E-state index contributed by atoms with van der Waals surface area (Å²) in [6.45, 7) is 14.7. The molecule has 0 heterocycles. The van der Waals surface area contributed by atoms with E-state index in [1.54, 1.807) is 0 Å². The Hall–Kier alpha value is 0. The fourth-order valence-electron chi connectivity index (χ4n) is 4.11. The van der Waals surface area contributed by atoms with Crippen LogP contribution >= 0.6 is 0 Å². The Morgan fingerprint density at radius 1 is 1.14 bits per heavy atom. The quantitative estimate of drug-likeness (QED) is 0.631. The van der Waals surface area contributed by atoms with Gasteiger partial charge in [0.1, 0.15) is 0 Å². The molecule has 0 amide bonds. The second-order valence-corrected chi connectivity index (χ2v) is 6.29. The topological polar surface area (TPSA) is 0 Å². The van der Waals surface area contributed by atoms with E-state index in [0.29, 0.717) is 5.41 Å². The molecule has 0 aliphatic heterocycles. The molecule has 0 aromatic heterocycles. The first-order valence-electron chi connectivity index (χ1n) is 6.46. The molecule has 6 unspecified atom stereocenters. The van der Waals surface area contributed by atoms with Crippen LogP contribution in [0.4, 0.5) is 0 Å². The lowest BCUT2D eigenvalue weighted by atomic mass is 9.86. The van der Waals surface area contributed by atoms with Crippen molar-refractivity contribution in [1.29, 1.82) is 0 Å². The molecule has 0 radical (unpaired) electrons. The molecule has 82 valence electrons. The Kier molecular flexibility index (Phi) is 2.25. The second-order valence-electron chi connectivity index (χ2n) is 6.29. The molecule has 0 spiro atoms. The van der Waals surface area contributed by atoms with Crippen molar-refractivity contribution in [1.82, 2.24) is 0 Å². The SMILES string of the molecule is CCC(C)C1(C)C(C)C1C1C(C)C1C. The highest BCUT2D eigenvalue weighted by Gasteiger charge is 2.68. The van der Waals surface area contributed by atoms with E-state index in [-0.39, 0.29) is 0 Å². The van der Waals surface area contributed by atoms with E-state index in [2.05, 4.69) is 41.5 Å². The largest absolute Gasteiger partial charge is 0.0651 e. The van der Waals surface area contributed by atoms with E-state index in [0.717, 1.165) is 35.5 Å². The molecule has 0 N–H and O–H groups in total. The monoisotopic (exact) mass is 194 g/mol. The summed E-state index contributed by atoms with van der Waals surface area (Å²) >= 11 is 0. The molecule has 2 aliphatic rings. The Morgan fingerprint density at radius 2 is 1.64 bits per heavy atom. The van der Waals surface area contributed by atoms with E-state index in [9.17, 15) is 0 Å². The van der Waals surface area contributed by atoms with Gasteiger partial charge in [-0.15, -0.1) is 0 Å². The van der Waals surface area contributed by atoms with E-state index in [1.165, 1.54) is 6.42 Å². The molecule has 6 atom stereocenters. The molecule has 0 bridgehead atoms. The van der Waals surface area contributed by atoms with Crippen molar-refractivity contribution in [3.63, 3.8) is 0 Å². The van der Waals surface area contributed by atoms with E-state index in [1.807, 2.05) is 0 Å². The summed E-state index contributed by atoms with van der Waals surface area (Å²) in [7, 11) is 0. The Labute approximate surface area is 89.5 Å². The maximum absolute atomic E-state index is 2.54. The zero-order valence-electron chi connectivity index (χ0n) is 10.7. The van der Waals surface area contributed by atoms with E-state index in [4.69, 9.17) is 0 Å². The number of hydrogen-bond acceptors (Lipinski definition) is 0. The molecule has 2 fully saturated rings. The van der Waals surface area contributed by atoms with Gasteiger partial charge in [-0.3, -0.25) is 0 Å². The van der Waals surface area contributed by atoms with Gasteiger partial charge in [-0.25, -0.2) is 0 Å². The molecular weight excluding hydrogens is 168 g/mol. The molecule has 0 heteroatoms. The molecule has 0 aromatic rings. The number of rotatable bonds is 3. The fraction of sp³-hybridized carbons (Fsp3) is 1.00. The minimum absolute atomic E-state index is 0.679. The smallest absolute Gasteiger partial charge is 0.0238 e. The van der Waals surface area contributed by atoms with Gasteiger partial charge in [0.25, 0.3) is 0 Å². The van der Waals surface area contributed by atoms with Crippen molar-refractivity contribution in [2.45, 2.75) is 48.0 Å². The lowest BCUT2D eigenvalue weighted by Gasteiger charge is -2.19. The lowest BCUT2D eigenvalue weighted by Crippen LogP contribution is -2.12. The Bertz CT molecular complexity index is 224. The third kappa shape index (κ3) is 1.12. The maximum atomic E-state index is 2.54. The van der Waals surface area contributed by atoms with Crippen molar-refractivity contribution in [3.05, 3.63) is 0 Å². The summed E-state index contributed by atoms with van der Waals surface area (Å²) in [4.78, 5) is 0. The predicted molar refractivity (Wildman–Crippen MR) is 62.0 cm³/mol. The standard InChI is InChI=1S/C14H26/c1-7-8(2)14(6)11(5)13(14)12-9(3)10(12)4/h8-13H,7H2,1-6H3. The van der Waals surface area contributed by atoms with Crippen molar-refractivity contribution in [3.8, 4) is 0 Å². The van der Waals surface area contributed by atoms with Gasteiger partial charge in [-0.2, -0.15) is 0 Å². The molecule has 0 nitrogen and oxygen atoms in total. The van der Waals surface area contributed by atoms with Gasteiger partial charge in [0.05, 0.1) is 0 Å². The van der Waals surface area contributed by atoms with Crippen LogP contribution in [0, 0.1) is 40.9 Å².